The Kier molecular flexibility index (Phi) is 10.8. The lowest BCUT2D eigenvalue weighted by Gasteiger charge is -2.43. The smallest absolute Gasteiger partial charge is 0.318 e. The standard InChI is InChI=1S/C33H40ClN7O2.CH2O2/c1-22(2)32(42)41-18-17-40(19-24(41)12-14-35)31-26-13-16-39(29-11-5-8-23-7-4-10-27(34)30(23)29)20-28(26)36-33(37-31)43-21-25-9-6-15-38(25)3;2-1-3/h4-5,7-8,10-11,22,24-25H,6,9,12-13,15-21H2,1-3H3;1H,(H,2,3)/t24-,25-;/m0./s1. The predicted octanol–water partition coefficient (Wildman–Crippen LogP) is 4.61. The van der Waals surface area contributed by atoms with E-state index >= 15 is 0 Å². The van der Waals surface area contributed by atoms with Crippen molar-refractivity contribution in [2.24, 2.45) is 5.92 Å². The zero-order valence-corrected chi connectivity index (χ0v) is 27.5. The molecule has 0 radical (unpaired) electrons. The van der Waals surface area contributed by atoms with Crippen LogP contribution in [0.5, 0.6) is 6.01 Å². The Balaban J connectivity index is 0.00000134. The summed E-state index contributed by atoms with van der Waals surface area (Å²) < 4.78 is 6.31. The number of aromatic nitrogens is 2. The third kappa shape index (κ3) is 7.13. The molecule has 1 amide bonds. The monoisotopic (exact) mass is 647 g/mol. The Morgan fingerprint density at radius 2 is 1.89 bits per heavy atom. The molecule has 244 valence electrons. The van der Waals surface area contributed by atoms with Crippen molar-refractivity contribution in [3.8, 4) is 12.1 Å². The quantitative estimate of drug-likeness (QED) is 0.364. The van der Waals surface area contributed by atoms with Crippen molar-refractivity contribution in [1.29, 1.82) is 5.26 Å². The van der Waals surface area contributed by atoms with Crippen LogP contribution in [-0.4, -0.2) is 95.7 Å². The molecule has 0 bridgehead atoms. The molecule has 0 saturated carbocycles. The Hall–Kier alpha value is -4.14. The van der Waals surface area contributed by atoms with Crippen molar-refractivity contribution >= 4 is 46.3 Å². The number of anilines is 2. The fraction of sp³-hybridized carbons (Fsp3) is 0.500. The van der Waals surface area contributed by atoms with Crippen LogP contribution >= 0.6 is 11.6 Å². The minimum Gasteiger partial charge on any atom is -0.483 e. The summed E-state index contributed by atoms with van der Waals surface area (Å²) in [6, 6.07) is 15.2. The fourth-order valence-corrected chi connectivity index (χ4v) is 7.05. The lowest BCUT2D eigenvalue weighted by molar-refractivity contribution is -0.137. The van der Waals surface area contributed by atoms with Crippen LogP contribution in [0.3, 0.4) is 0 Å². The number of likely N-dealkylation sites (tertiary alicyclic amines) is 1. The highest BCUT2D eigenvalue weighted by Gasteiger charge is 2.35. The molecule has 3 aromatic rings. The van der Waals surface area contributed by atoms with Gasteiger partial charge in [-0.25, -0.2) is 0 Å². The van der Waals surface area contributed by atoms with Crippen LogP contribution in [0.2, 0.25) is 5.02 Å². The molecule has 2 aromatic carbocycles. The molecule has 46 heavy (non-hydrogen) atoms. The largest absolute Gasteiger partial charge is 0.483 e. The summed E-state index contributed by atoms with van der Waals surface area (Å²) in [6.07, 6.45) is 3.33. The molecule has 4 heterocycles. The summed E-state index contributed by atoms with van der Waals surface area (Å²) in [5.41, 5.74) is 3.17. The van der Waals surface area contributed by atoms with Gasteiger partial charge in [-0.05, 0) is 50.4 Å². The minimum atomic E-state index is -0.250. The number of amides is 1. The Morgan fingerprint density at radius 3 is 2.59 bits per heavy atom. The van der Waals surface area contributed by atoms with E-state index in [9.17, 15) is 10.1 Å². The second kappa shape index (κ2) is 15.0. The summed E-state index contributed by atoms with van der Waals surface area (Å²) in [7, 11) is 2.14. The maximum absolute atomic E-state index is 13.0. The predicted molar refractivity (Wildman–Crippen MR) is 178 cm³/mol. The van der Waals surface area contributed by atoms with Crippen molar-refractivity contribution in [2.45, 2.75) is 58.2 Å². The van der Waals surface area contributed by atoms with E-state index in [0.29, 0.717) is 44.8 Å². The summed E-state index contributed by atoms with van der Waals surface area (Å²) in [4.78, 5) is 40.1. The van der Waals surface area contributed by atoms with Crippen LogP contribution in [0.15, 0.2) is 36.4 Å². The van der Waals surface area contributed by atoms with Crippen molar-refractivity contribution < 1.29 is 19.4 Å². The van der Waals surface area contributed by atoms with Crippen LogP contribution in [0, 0.1) is 17.2 Å². The van der Waals surface area contributed by atoms with Gasteiger partial charge in [-0.3, -0.25) is 9.59 Å². The average molecular weight is 648 g/mol. The molecule has 0 spiro atoms. The molecule has 12 heteroatoms. The number of benzene rings is 2. The van der Waals surface area contributed by atoms with E-state index in [4.69, 9.17) is 36.2 Å². The number of fused-ring (bicyclic) bond motifs is 2. The van der Waals surface area contributed by atoms with Gasteiger partial charge in [0.2, 0.25) is 5.91 Å². The number of carbonyl (C=O) groups excluding carboxylic acids is 1. The van der Waals surface area contributed by atoms with E-state index < -0.39 is 0 Å². The number of likely N-dealkylation sites (N-methyl/N-ethyl adjacent to an activating group) is 1. The number of halogens is 1. The number of carboxylic acid groups (broad SMARTS) is 1. The summed E-state index contributed by atoms with van der Waals surface area (Å²) in [5.74, 6) is 0.857. The molecule has 2 atom stereocenters. The Bertz CT molecular complexity index is 1590. The van der Waals surface area contributed by atoms with Crippen molar-refractivity contribution in [1.82, 2.24) is 19.8 Å². The zero-order chi connectivity index (χ0) is 32.8. The first-order valence-corrected chi connectivity index (χ1v) is 16.3. The number of carbonyl (C=O) groups is 2. The van der Waals surface area contributed by atoms with Crippen molar-refractivity contribution in [3.05, 3.63) is 52.7 Å². The maximum Gasteiger partial charge on any atom is 0.318 e. The third-order valence-corrected chi connectivity index (χ3v) is 9.47. The molecule has 0 unspecified atom stereocenters. The van der Waals surface area contributed by atoms with E-state index in [2.05, 4.69) is 52.1 Å². The van der Waals surface area contributed by atoms with Crippen LogP contribution in [0.25, 0.3) is 10.8 Å². The van der Waals surface area contributed by atoms with Gasteiger partial charge in [0.05, 0.1) is 35.8 Å². The fourth-order valence-electron chi connectivity index (χ4n) is 6.77. The van der Waals surface area contributed by atoms with Crippen molar-refractivity contribution in [3.63, 3.8) is 0 Å². The van der Waals surface area contributed by atoms with Crippen LogP contribution < -0.4 is 14.5 Å². The molecule has 6 rings (SSSR count). The first-order valence-electron chi connectivity index (χ1n) is 15.9. The minimum absolute atomic E-state index is 0.0960. The van der Waals surface area contributed by atoms with E-state index in [1.54, 1.807) is 0 Å². The average Bonchev–Trinajstić information content (AvgIpc) is 3.47. The topological polar surface area (TPSA) is 126 Å². The molecular weight excluding hydrogens is 606 g/mol. The first kappa shape index (κ1) is 33.2. The van der Waals surface area contributed by atoms with Gasteiger partial charge in [0, 0.05) is 54.8 Å². The number of hydrogen-bond acceptors (Lipinski definition) is 9. The third-order valence-electron chi connectivity index (χ3n) is 9.16. The second-order valence-corrected chi connectivity index (χ2v) is 12.8. The lowest BCUT2D eigenvalue weighted by atomic mass is 10.0. The van der Waals surface area contributed by atoms with Gasteiger partial charge < -0.3 is 29.4 Å². The van der Waals surface area contributed by atoms with Gasteiger partial charge in [-0.2, -0.15) is 15.2 Å². The van der Waals surface area contributed by atoms with E-state index in [1.165, 1.54) is 6.42 Å². The van der Waals surface area contributed by atoms with E-state index in [1.807, 2.05) is 30.9 Å². The molecule has 3 aliphatic heterocycles. The van der Waals surface area contributed by atoms with Gasteiger partial charge in [0.25, 0.3) is 6.47 Å². The molecular formula is C34H42ClN7O4. The number of piperazine rings is 1. The zero-order valence-electron chi connectivity index (χ0n) is 26.7. The lowest BCUT2D eigenvalue weighted by Crippen LogP contribution is -2.56. The maximum atomic E-state index is 13.0. The second-order valence-electron chi connectivity index (χ2n) is 12.4. The summed E-state index contributed by atoms with van der Waals surface area (Å²) in [6.45, 7) is 8.39. The molecule has 3 aliphatic rings. The normalized spacial score (nSPS) is 19.8. The summed E-state index contributed by atoms with van der Waals surface area (Å²) in [5, 5.41) is 19.4. The Labute approximate surface area is 275 Å². The molecule has 2 saturated heterocycles. The molecule has 0 aliphatic carbocycles. The molecule has 2 fully saturated rings. The van der Waals surface area contributed by atoms with Gasteiger partial charge in [-0.1, -0.05) is 49.7 Å². The van der Waals surface area contributed by atoms with Crippen LogP contribution in [0.1, 0.15) is 44.4 Å². The Morgan fingerprint density at radius 1 is 1.13 bits per heavy atom. The number of rotatable bonds is 7. The first-order chi connectivity index (χ1) is 22.2. The number of ether oxygens (including phenoxy) is 1. The highest BCUT2D eigenvalue weighted by Crippen LogP contribution is 2.37. The van der Waals surface area contributed by atoms with Crippen LogP contribution in [-0.2, 0) is 22.6 Å². The molecule has 1 aromatic heterocycles. The summed E-state index contributed by atoms with van der Waals surface area (Å²) >= 11 is 6.71. The SMILES string of the molecule is CC(C)C(=O)N1CCN(c2nc(OC[C@@H]3CCCN3C)nc3c2CCN(c2cccc4cccc(Cl)c24)C3)C[C@@H]1CC#N.O=CO. The highest BCUT2D eigenvalue weighted by molar-refractivity contribution is 6.36. The van der Waals surface area contributed by atoms with Gasteiger partial charge in [0.1, 0.15) is 12.4 Å². The molecule has 1 N–H and O–H groups in total. The molecule has 11 nitrogen and oxygen atoms in total. The van der Waals surface area contributed by atoms with Gasteiger partial charge in [-0.15, -0.1) is 0 Å². The van der Waals surface area contributed by atoms with Gasteiger partial charge >= 0.3 is 6.01 Å². The van der Waals surface area contributed by atoms with E-state index in [0.717, 1.165) is 64.5 Å². The van der Waals surface area contributed by atoms with Crippen molar-refractivity contribution in [2.75, 3.05) is 56.2 Å². The number of hydrogen-bond donors (Lipinski definition) is 1. The number of nitriles is 1. The highest BCUT2D eigenvalue weighted by atomic mass is 35.5. The van der Waals surface area contributed by atoms with E-state index in [-0.39, 0.29) is 30.8 Å². The number of nitrogens with zero attached hydrogens (tertiary/aromatic N) is 7. The van der Waals surface area contributed by atoms with Gasteiger partial charge in [0.15, 0.2) is 0 Å². The van der Waals surface area contributed by atoms with Crippen LogP contribution in [0.4, 0.5) is 11.5 Å².